The first-order valence-electron chi connectivity index (χ1n) is 11.1. The Morgan fingerprint density at radius 2 is 1.61 bits per heavy atom. The second-order valence-corrected chi connectivity index (χ2v) is 8.40. The highest BCUT2D eigenvalue weighted by atomic mass is 15.3. The zero-order chi connectivity index (χ0) is 22.9. The molecule has 33 heavy (non-hydrogen) atoms. The molecule has 2 aromatic carbocycles. The Balaban J connectivity index is 1.52. The molecule has 0 bridgehead atoms. The Morgan fingerprint density at radius 3 is 2.36 bits per heavy atom. The lowest BCUT2D eigenvalue weighted by molar-refractivity contribution is 0.878. The number of nitrogens with one attached hydrogen (secondary N) is 1. The van der Waals surface area contributed by atoms with Crippen LogP contribution in [0, 0.1) is 27.7 Å². The fourth-order valence-electron chi connectivity index (χ4n) is 4.06. The molecule has 0 radical (unpaired) electrons. The average Bonchev–Trinajstić information content (AvgIpc) is 3.14. The molecule has 0 fully saturated rings. The smallest absolute Gasteiger partial charge is 0.163 e. The van der Waals surface area contributed by atoms with Gasteiger partial charge in [0.1, 0.15) is 11.6 Å². The SMILES string of the molecule is Cc1ccc(Cc2c(C)nc(C)nc2Nc2cnc3c(c2)c(C)nn3-c2ccccc2)cc1. The van der Waals surface area contributed by atoms with E-state index < -0.39 is 0 Å². The van der Waals surface area contributed by atoms with Crippen LogP contribution in [0.25, 0.3) is 16.7 Å². The Labute approximate surface area is 193 Å². The third-order valence-corrected chi connectivity index (χ3v) is 5.80. The fraction of sp³-hybridized carbons (Fsp3) is 0.185. The van der Waals surface area contributed by atoms with Gasteiger partial charge >= 0.3 is 0 Å². The summed E-state index contributed by atoms with van der Waals surface area (Å²) >= 11 is 0. The third kappa shape index (κ3) is 4.20. The van der Waals surface area contributed by atoms with Gasteiger partial charge in [0.05, 0.1) is 23.3 Å². The van der Waals surface area contributed by atoms with Crippen molar-refractivity contribution in [1.29, 1.82) is 0 Å². The van der Waals surface area contributed by atoms with Crippen LogP contribution < -0.4 is 5.32 Å². The molecule has 0 saturated heterocycles. The molecule has 1 N–H and O–H groups in total. The number of benzene rings is 2. The van der Waals surface area contributed by atoms with Gasteiger partial charge in [0, 0.05) is 23.1 Å². The van der Waals surface area contributed by atoms with E-state index in [9.17, 15) is 0 Å². The van der Waals surface area contributed by atoms with E-state index in [2.05, 4.69) is 47.6 Å². The normalized spacial score (nSPS) is 11.2. The lowest BCUT2D eigenvalue weighted by Gasteiger charge is -2.14. The van der Waals surface area contributed by atoms with E-state index in [1.54, 1.807) is 0 Å². The number of rotatable bonds is 5. The molecule has 164 valence electrons. The molecule has 3 aromatic heterocycles. The van der Waals surface area contributed by atoms with Gasteiger partial charge in [-0.1, -0.05) is 48.0 Å². The fourth-order valence-corrected chi connectivity index (χ4v) is 4.06. The molecule has 0 spiro atoms. The van der Waals surface area contributed by atoms with Crippen LogP contribution >= 0.6 is 0 Å². The summed E-state index contributed by atoms with van der Waals surface area (Å²) in [5, 5.41) is 9.23. The van der Waals surface area contributed by atoms with Crippen molar-refractivity contribution in [2.75, 3.05) is 5.32 Å². The second-order valence-electron chi connectivity index (χ2n) is 8.40. The predicted molar refractivity (Wildman–Crippen MR) is 132 cm³/mol. The van der Waals surface area contributed by atoms with E-state index in [-0.39, 0.29) is 0 Å². The molecule has 0 saturated carbocycles. The maximum absolute atomic E-state index is 4.74. The van der Waals surface area contributed by atoms with Crippen molar-refractivity contribution in [3.8, 4) is 5.69 Å². The van der Waals surface area contributed by atoms with Crippen molar-refractivity contribution < 1.29 is 0 Å². The van der Waals surface area contributed by atoms with Gasteiger partial charge < -0.3 is 5.32 Å². The largest absolute Gasteiger partial charge is 0.339 e. The minimum absolute atomic E-state index is 0.741. The second kappa shape index (κ2) is 8.47. The standard InChI is InChI=1S/C27H26N6/c1-17-10-12-21(13-11-17)14-24-18(2)29-20(4)30-26(24)31-22-15-25-19(3)32-33(27(25)28-16-22)23-8-6-5-7-9-23/h5-13,15-16H,14H2,1-4H3,(H,29,30,31). The number of nitrogens with zero attached hydrogens (tertiary/aromatic N) is 5. The number of hydrogen-bond acceptors (Lipinski definition) is 5. The summed E-state index contributed by atoms with van der Waals surface area (Å²) in [4.78, 5) is 14.1. The van der Waals surface area contributed by atoms with Gasteiger partial charge in [-0.2, -0.15) is 5.10 Å². The number of aromatic nitrogens is 5. The first kappa shape index (κ1) is 20.8. The van der Waals surface area contributed by atoms with Gasteiger partial charge in [-0.15, -0.1) is 0 Å². The molecule has 0 aliphatic heterocycles. The number of hydrogen-bond donors (Lipinski definition) is 1. The molecule has 0 atom stereocenters. The number of fused-ring (bicyclic) bond motifs is 1. The highest BCUT2D eigenvalue weighted by Gasteiger charge is 2.15. The molecule has 0 aliphatic rings. The van der Waals surface area contributed by atoms with Gasteiger partial charge in [-0.3, -0.25) is 0 Å². The van der Waals surface area contributed by atoms with Crippen LogP contribution in [0.15, 0.2) is 66.9 Å². The molecule has 5 rings (SSSR count). The number of pyridine rings is 1. The summed E-state index contributed by atoms with van der Waals surface area (Å²) in [6.45, 7) is 8.07. The van der Waals surface area contributed by atoms with Crippen LogP contribution in [0.2, 0.25) is 0 Å². The van der Waals surface area contributed by atoms with E-state index in [1.165, 1.54) is 11.1 Å². The maximum atomic E-state index is 4.74. The molecule has 6 nitrogen and oxygen atoms in total. The zero-order valence-corrected chi connectivity index (χ0v) is 19.3. The summed E-state index contributed by atoms with van der Waals surface area (Å²) in [6, 6.07) is 20.8. The Bertz CT molecular complexity index is 1440. The van der Waals surface area contributed by atoms with Gasteiger partial charge in [-0.05, 0) is 51.5 Å². The summed E-state index contributed by atoms with van der Waals surface area (Å²) in [7, 11) is 0. The third-order valence-electron chi connectivity index (χ3n) is 5.80. The van der Waals surface area contributed by atoms with Crippen molar-refractivity contribution in [2.45, 2.75) is 34.1 Å². The molecular weight excluding hydrogens is 408 g/mol. The molecule has 0 aliphatic carbocycles. The van der Waals surface area contributed by atoms with E-state index in [0.29, 0.717) is 0 Å². The molecule has 0 unspecified atom stereocenters. The van der Waals surface area contributed by atoms with Crippen molar-refractivity contribution >= 4 is 22.5 Å². The molecule has 0 amide bonds. The predicted octanol–water partition coefficient (Wildman–Crippen LogP) is 5.78. The first-order valence-corrected chi connectivity index (χ1v) is 11.1. The summed E-state index contributed by atoms with van der Waals surface area (Å²) < 4.78 is 1.89. The minimum atomic E-state index is 0.741. The number of para-hydroxylation sites is 1. The molecule has 6 heteroatoms. The van der Waals surface area contributed by atoms with Crippen LogP contribution in [0.3, 0.4) is 0 Å². The number of aryl methyl sites for hydroxylation is 4. The highest BCUT2D eigenvalue weighted by Crippen LogP contribution is 2.27. The zero-order valence-electron chi connectivity index (χ0n) is 19.3. The van der Waals surface area contributed by atoms with Gasteiger partial charge in [0.25, 0.3) is 0 Å². The van der Waals surface area contributed by atoms with Crippen LogP contribution in [0.1, 0.15) is 33.9 Å². The van der Waals surface area contributed by atoms with Crippen LogP contribution in [-0.4, -0.2) is 24.7 Å². The Kier molecular flexibility index (Phi) is 5.34. The average molecular weight is 435 g/mol. The van der Waals surface area contributed by atoms with E-state index in [1.807, 2.05) is 62.0 Å². The Hall–Kier alpha value is -4.06. The van der Waals surface area contributed by atoms with E-state index in [0.717, 1.165) is 57.4 Å². The first-order chi connectivity index (χ1) is 16.0. The van der Waals surface area contributed by atoms with Gasteiger partial charge in [0.2, 0.25) is 0 Å². The van der Waals surface area contributed by atoms with Crippen molar-refractivity contribution in [3.63, 3.8) is 0 Å². The summed E-state index contributed by atoms with van der Waals surface area (Å²) in [5.41, 5.74) is 8.17. The van der Waals surface area contributed by atoms with Crippen LogP contribution in [0.5, 0.6) is 0 Å². The molecular formula is C27H26N6. The number of anilines is 2. The van der Waals surface area contributed by atoms with Gasteiger partial charge in [-0.25, -0.2) is 19.6 Å². The van der Waals surface area contributed by atoms with Crippen LogP contribution in [-0.2, 0) is 6.42 Å². The topological polar surface area (TPSA) is 68.5 Å². The minimum Gasteiger partial charge on any atom is -0.339 e. The Morgan fingerprint density at radius 1 is 0.848 bits per heavy atom. The van der Waals surface area contributed by atoms with Crippen molar-refractivity contribution in [2.24, 2.45) is 0 Å². The lowest BCUT2D eigenvalue weighted by Crippen LogP contribution is -2.07. The van der Waals surface area contributed by atoms with E-state index >= 15 is 0 Å². The van der Waals surface area contributed by atoms with Crippen molar-refractivity contribution in [3.05, 3.63) is 101 Å². The monoisotopic (exact) mass is 434 g/mol. The molecule has 3 heterocycles. The quantitative estimate of drug-likeness (QED) is 0.380. The summed E-state index contributed by atoms with van der Waals surface area (Å²) in [5.74, 6) is 1.56. The van der Waals surface area contributed by atoms with Crippen LogP contribution in [0.4, 0.5) is 11.5 Å². The highest BCUT2D eigenvalue weighted by molar-refractivity contribution is 5.83. The lowest BCUT2D eigenvalue weighted by atomic mass is 10.0. The van der Waals surface area contributed by atoms with Crippen molar-refractivity contribution in [1.82, 2.24) is 24.7 Å². The molecule has 5 aromatic rings. The maximum Gasteiger partial charge on any atom is 0.163 e. The van der Waals surface area contributed by atoms with E-state index in [4.69, 9.17) is 15.1 Å². The summed E-state index contributed by atoms with van der Waals surface area (Å²) in [6.07, 6.45) is 2.60. The van der Waals surface area contributed by atoms with Gasteiger partial charge in [0.15, 0.2) is 5.65 Å².